The molecule has 1 saturated heterocycles. The van der Waals surface area contributed by atoms with Crippen molar-refractivity contribution < 1.29 is 48.0 Å². The van der Waals surface area contributed by atoms with E-state index in [0.717, 1.165) is 45.2 Å². The zero-order valence-electron chi connectivity index (χ0n) is 24.5. The van der Waals surface area contributed by atoms with E-state index in [1.807, 2.05) is 24.3 Å². The molecule has 1 heterocycles. The number of carbonyl (C=O) groups excluding carboxylic acids is 4. The van der Waals surface area contributed by atoms with Crippen molar-refractivity contribution in [3.8, 4) is 6.07 Å². The smallest absolute Gasteiger partial charge is 0.303 e. The summed E-state index contributed by atoms with van der Waals surface area (Å²) in [6.45, 7) is 7.75. The van der Waals surface area contributed by atoms with Crippen molar-refractivity contribution >= 4 is 23.9 Å². The van der Waals surface area contributed by atoms with E-state index in [0.29, 0.717) is 17.5 Å². The number of carbonyl (C=O) groups is 4. The van der Waals surface area contributed by atoms with Crippen LogP contribution in [0.1, 0.15) is 68.0 Å². The van der Waals surface area contributed by atoms with E-state index in [4.69, 9.17) is 23.7 Å². The van der Waals surface area contributed by atoms with Gasteiger partial charge in [0, 0.05) is 33.3 Å². The molecule has 3 rings (SSSR count). The van der Waals surface area contributed by atoms with Gasteiger partial charge in [-0.05, 0) is 54.2 Å². The van der Waals surface area contributed by atoms with Gasteiger partial charge in [-0.1, -0.05) is 31.2 Å². The summed E-state index contributed by atoms with van der Waals surface area (Å²) < 4.78 is 27.5. The summed E-state index contributed by atoms with van der Waals surface area (Å²) in [5.74, 6) is -5.70. The van der Waals surface area contributed by atoms with Crippen molar-refractivity contribution in [2.75, 3.05) is 6.61 Å². The van der Waals surface area contributed by atoms with Crippen molar-refractivity contribution in [1.82, 2.24) is 0 Å². The number of hydrogen-bond acceptors (Lipinski definition) is 11. The molecule has 0 unspecified atom stereocenters. The number of rotatable bonds is 9. The molecule has 5 atom stereocenters. The second-order valence-electron chi connectivity index (χ2n) is 10.1. The Bertz CT molecular complexity index is 1380. The Morgan fingerprint density at radius 2 is 1.48 bits per heavy atom. The highest BCUT2D eigenvalue weighted by molar-refractivity contribution is 5.69. The van der Waals surface area contributed by atoms with Gasteiger partial charge in [-0.2, -0.15) is 5.26 Å². The SMILES string of the molecule is CCc1ccc(Cc2cc([C@]3(O)O[C@H](COC(C)=O)[C@@H](OC(C)=O)[C@H](OC(C)=O)[C@H]3OC(C)=O)cc(C#N)c2C)cc1. The molecule has 0 aliphatic carbocycles. The third-order valence-electron chi connectivity index (χ3n) is 6.93. The fourth-order valence-electron chi connectivity index (χ4n) is 4.91. The number of esters is 4. The first-order chi connectivity index (χ1) is 19.8. The molecule has 0 amide bonds. The average Bonchev–Trinajstić information content (AvgIpc) is 2.92. The van der Waals surface area contributed by atoms with Crippen molar-refractivity contribution in [3.05, 3.63) is 69.8 Å². The Labute approximate surface area is 244 Å². The van der Waals surface area contributed by atoms with Crippen LogP contribution in [0.4, 0.5) is 0 Å². The quantitative estimate of drug-likeness (QED) is 0.343. The van der Waals surface area contributed by atoms with E-state index in [1.54, 1.807) is 13.0 Å². The van der Waals surface area contributed by atoms with Crippen LogP contribution in [-0.2, 0) is 61.5 Å². The van der Waals surface area contributed by atoms with Gasteiger partial charge >= 0.3 is 23.9 Å². The largest absolute Gasteiger partial charge is 0.463 e. The molecule has 1 N–H and O–H groups in total. The molecule has 1 aliphatic heterocycles. The van der Waals surface area contributed by atoms with Gasteiger partial charge in [0.25, 0.3) is 0 Å². The third-order valence-corrected chi connectivity index (χ3v) is 6.93. The molecule has 0 bridgehead atoms. The summed E-state index contributed by atoms with van der Waals surface area (Å²) in [6, 6.07) is 13.1. The predicted molar refractivity (Wildman–Crippen MR) is 147 cm³/mol. The first-order valence-electron chi connectivity index (χ1n) is 13.5. The lowest BCUT2D eigenvalue weighted by atomic mass is 9.84. The van der Waals surface area contributed by atoms with Gasteiger partial charge in [0.15, 0.2) is 12.2 Å². The van der Waals surface area contributed by atoms with E-state index in [2.05, 4.69) is 13.0 Å². The van der Waals surface area contributed by atoms with Crippen molar-refractivity contribution in [2.24, 2.45) is 0 Å². The van der Waals surface area contributed by atoms with Crippen LogP contribution in [0, 0.1) is 18.3 Å². The number of nitriles is 1. The Morgan fingerprint density at radius 3 is 2.00 bits per heavy atom. The maximum Gasteiger partial charge on any atom is 0.303 e. The third kappa shape index (κ3) is 7.51. The Balaban J connectivity index is 2.22. The number of nitrogens with zero attached hydrogens (tertiary/aromatic N) is 1. The van der Waals surface area contributed by atoms with Crippen molar-refractivity contribution in [3.63, 3.8) is 0 Å². The fraction of sp³-hybridized carbons (Fsp3) is 0.452. The number of benzene rings is 2. The van der Waals surface area contributed by atoms with Gasteiger partial charge in [-0.15, -0.1) is 0 Å². The van der Waals surface area contributed by atoms with Crippen LogP contribution in [-0.4, -0.2) is 60.0 Å². The average molecular weight is 582 g/mol. The minimum atomic E-state index is -2.53. The molecule has 1 fully saturated rings. The fourth-order valence-corrected chi connectivity index (χ4v) is 4.91. The van der Waals surface area contributed by atoms with Crippen LogP contribution in [0.2, 0.25) is 0 Å². The zero-order valence-corrected chi connectivity index (χ0v) is 24.5. The molecule has 0 spiro atoms. The lowest BCUT2D eigenvalue weighted by Gasteiger charge is -2.48. The molecule has 11 heteroatoms. The molecule has 0 saturated carbocycles. The maximum absolute atomic E-state index is 12.3. The maximum atomic E-state index is 12.3. The lowest BCUT2D eigenvalue weighted by Crippen LogP contribution is -2.66. The Hall–Kier alpha value is -4.27. The topological polar surface area (TPSA) is 158 Å². The van der Waals surface area contributed by atoms with Gasteiger partial charge in [-0.25, -0.2) is 0 Å². The standard InChI is InChI=1S/C31H35NO10/c1-7-22-8-10-23(11-9-22)12-24-13-26(14-25(15-32)17(24)2)31(37)30(41-21(6)36)29(40-20(5)35)28(39-19(4)34)27(42-31)16-38-18(3)33/h8-11,13-14,27-30,37H,7,12,16H2,1-6H3/t27-,28-,29+,30-,31+/m1/s1. The molecular weight excluding hydrogens is 546 g/mol. The Kier molecular flexibility index (Phi) is 10.4. The molecular formula is C31H35NO10. The van der Waals surface area contributed by atoms with Crippen LogP contribution in [0.15, 0.2) is 36.4 Å². The second kappa shape index (κ2) is 13.6. The summed E-state index contributed by atoms with van der Waals surface area (Å²) >= 11 is 0. The van der Waals surface area contributed by atoms with Crippen LogP contribution in [0.3, 0.4) is 0 Å². The van der Waals surface area contributed by atoms with Gasteiger partial charge in [0.1, 0.15) is 12.7 Å². The normalized spacial score (nSPS) is 23.3. The minimum absolute atomic E-state index is 0.0160. The van der Waals surface area contributed by atoms with Crippen LogP contribution in [0.25, 0.3) is 0 Å². The van der Waals surface area contributed by atoms with E-state index in [9.17, 15) is 29.5 Å². The van der Waals surface area contributed by atoms with E-state index < -0.39 is 60.7 Å². The molecule has 0 radical (unpaired) electrons. The highest BCUT2D eigenvalue weighted by Gasteiger charge is 2.60. The van der Waals surface area contributed by atoms with E-state index >= 15 is 0 Å². The molecule has 0 aromatic heterocycles. The highest BCUT2D eigenvalue weighted by atomic mass is 16.7. The van der Waals surface area contributed by atoms with E-state index in [-0.39, 0.29) is 11.1 Å². The monoisotopic (exact) mass is 581 g/mol. The summed E-state index contributed by atoms with van der Waals surface area (Å²) in [5, 5.41) is 22.2. The number of aliphatic hydroxyl groups is 1. The van der Waals surface area contributed by atoms with Crippen LogP contribution < -0.4 is 0 Å². The number of hydrogen-bond donors (Lipinski definition) is 1. The molecule has 42 heavy (non-hydrogen) atoms. The van der Waals surface area contributed by atoms with Crippen LogP contribution in [0.5, 0.6) is 0 Å². The minimum Gasteiger partial charge on any atom is -0.463 e. The highest BCUT2D eigenvalue weighted by Crippen LogP contribution is 2.42. The second-order valence-corrected chi connectivity index (χ2v) is 10.1. The number of aryl methyl sites for hydroxylation is 1. The van der Waals surface area contributed by atoms with Crippen molar-refractivity contribution in [1.29, 1.82) is 5.26 Å². The summed E-state index contributed by atoms with van der Waals surface area (Å²) in [7, 11) is 0. The van der Waals surface area contributed by atoms with Gasteiger partial charge in [0.2, 0.25) is 11.9 Å². The zero-order chi connectivity index (χ0) is 31.2. The first kappa shape index (κ1) is 32.2. The molecule has 2 aromatic carbocycles. The molecule has 1 aliphatic rings. The van der Waals surface area contributed by atoms with Gasteiger partial charge in [0.05, 0.1) is 11.6 Å². The summed E-state index contributed by atoms with van der Waals surface area (Å²) in [4.78, 5) is 48.1. The number of ether oxygens (including phenoxy) is 5. The predicted octanol–water partition coefficient (Wildman–Crippen LogP) is 2.92. The molecule has 11 nitrogen and oxygen atoms in total. The summed E-state index contributed by atoms with van der Waals surface area (Å²) in [6.07, 6.45) is -4.85. The molecule has 2 aromatic rings. The lowest BCUT2D eigenvalue weighted by molar-refractivity contribution is -0.360. The molecule has 224 valence electrons. The first-order valence-corrected chi connectivity index (χ1v) is 13.5. The van der Waals surface area contributed by atoms with Crippen LogP contribution >= 0.6 is 0 Å². The van der Waals surface area contributed by atoms with Gasteiger partial charge < -0.3 is 28.8 Å². The summed E-state index contributed by atoms with van der Waals surface area (Å²) in [5.41, 5.74) is 3.68. The Morgan fingerprint density at radius 1 is 0.905 bits per heavy atom. The van der Waals surface area contributed by atoms with E-state index in [1.165, 1.54) is 6.07 Å². The van der Waals surface area contributed by atoms with Gasteiger partial charge in [-0.3, -0.25) is 19.2 Å². The van der Waals surface area contributed by atoms with Crippen molar-refractivity contribution in [2.45, 2.75) is 84.6 Å².